The highest BCUT2D eigenvalue weighted by Crippen LogP contribution is 2.07. The van der Waals surface area contributed by atoms with Crippen LogP contribution in [0.1, 0.15) is 46.0 Å². The fraction of sp³-hybridized carbons (Fsp3) is 0.727. The van der Waals surface area contributed by atoms with E-state index in [4.69, 9.17) is 5.84 Å². The molecule has 82 valence electrons. The molecule has 3 nitrogen and oxygen atoms in total. The van der Waals surface area contributed by atoms with Gasteiger partial charge in [0.25, 0.3) is 0 Å². The van der Waals surface area contributed by atoms with Gasteiger partial charge in [0, 0.05) is 18.4 Å². The average molecular weight is 197 g/mol. The van der Waals surface area contributed by atoms with Gasteiger partial charge in [-0.25, -0.2) is 5.84 Å². The summed E-state index contributed by atoms with van der Waals surface area (Å²) in [7, 11) is 0. The van der Waals surface area contributed by atoms with Crippen LogP contribution in [0.25, 0.3) is 0 Å². The minimum absolute atomic E-state index is 0.906. The van der Waals surface area contributed by atoms with Crippen molar-refractivity contribution in [1.82, 2.24) is 5.01 Å². The minimum Gasteiger partial charge on any atom is -0.314 e. The van der Waals surface area contributed by atoms with Gasteiger partial charge in [-0.05, 0) is 19.6 Å². The molecule has 0 radical (unpaired) electrons. The standard InChI is InChI=1S/C11H23N3/c1-4-6-7-8-9-14(12)11(5-2)10-13-3/h10H,3-9,12H2,1-2H3/b11-10-. The quantitative estimate of drug-likeness (QED) is 0.281. The number of hydrazine groups is 1. The Morgan fingerprint density at radius 3 is 2.57 bits per heavy atom. The maximum Gasteiger partial charge on any atom is 0.0470 e. The minimum atomic E-state index is 0.906. The first-order valence-electron chi connectivity index (χ1n) is 5.43. The van der Waals surface area contributed by atoms with E-state index in [1.54, 1.807) is 11.2 Å². The van der Waals surface area contributed by atoms with Gasteiger partial charge in [-0.1, -0.05) is 33.1 Å². The molecule has 0 atom stereocenters. The van der Waals surface area contributed by atoms with Gasteiger partial charge in [0.2, 0.25) is 0 Å². The maximum atomic E-state index is 5.87. The van der Waals surface area contributed by atoms with Gasteiger partial charge in [0.05, 0.1) is 0 Å². The lowest BCUT2D eigenvalue weighted by Crippen LogP contribution is -2.31. The molecule has 14 heavy (non-hydrogen) atoms. The summed E-state index contributed by atoms with van der Waals surface area (Å²) in [6.07, 6.45) is 7.60. The van der Waals surface area contributed by atoms with Crippen molar-refractivity contribution in [2.75, 3.05) is 6.54 Å². The van der Waals surface area contributed by atoms with Crippen molar-refractivity contribution in [1.29, 1.82) is 0 Å². The Morgan fingerprint density at radius 1 is 1.36 bits per heavy atom. The van der Waals surface area contributed by atoms with Crippen LogP contribution in [0, 0.1) is 0 Å². The number of rotatable bonds is 8. The Bertz CT molecular complexity index is 175. The molecule has 0 amide bonds. The largest absolute Gasteiger partial charge is 0.314 e. The fourth-order valence-corrected chi connectivity index (χ4v) is 1.33. The van der Waals surface area contributed by atoms with Crippen LogP contribution in [-0.4, -0.2) is 18.3 Å². The molecule has 0 heterocycles. The Morgan fingerprint density at radius 2 is 2.07 bits per heavy atom. The molecule has 0 unspecified atom stereocenters. The van der Waals surface area contributed by atoms with E-state index in [-0.39, 0.29) is 0 Å². The lowest BCUT2D eigenvalue weighted by atomic mass is 10.2. The zero-order valence-electron chi connectivity index (χ0n) is 9.50. The van der Waals surface area contributed by atoms with Crippen LogP contribution in [0.2, 0.25) is 0 Å². The number of hydrogen-bond donors (Lipinski definition) is 1. The van der Waals surface area contributed by atoms with Gasteiger partial charge in [0.1, 0.15) is 0 Å². The Hall–Kier alpha value is -0.830. The van der Waals surface area contributed by atoms with Crippen LogP contribution in [0.4, 0.5) is 0 Å². The highest BCUT2D eigenvalue weighted by molar-refractivity contribution is 5.26. The number of nitrogens with zero attached hydrogens (tertiary/aromatic N) is 2. The lowest BCUT2D eigenvalue weighted by molar-refractivity contribution is 0.336. The first kappa shape index (κ1) is 13.2. The predicted octanol–water partition coefficient (Wildman–Crippen LogP) is 2.69. The van der Waals surface area contributed by atoms with E-state index < -0.39 is 0 Å². The molecule has 2 N–H and O–H groups in total. The molecule has 0 aliphatic heterocycles. The van der Waals surface area contributed by atoms with Crippen molar-refractivity contribution >= 4 is 6.72 Å². The molecule has 0 bridgehead atoms. The van der Waals surface area contributed by atoms with Crippen LogP contribution >= 0.6 is 0 Å². The van der Waals surface area contributed by atoms with E-state index in [1.165, 1.54) is 19.3 Å². The number of aliphatic imine (C=N–C) groups is 1. The van der Waals surface area contributed by atoms with Gasteiger partial charge in [-0.15, -0.1) is 0 Å². The van der Waals surface area contributed by atoms with E-state index in [1.807, 2.05) is 0 Å². The molecule has 0 aromatic rings. The first-order valence-corrected chi connectivity index (χ1v) is 5.43. The molecule has 0 aromatic heterocycles. The zero-order chi connectivity index (χ0) is 10.8. The summed E-state index contributed by atoms with van der Waals surface area (Å²) in [6, 6.07) is 0. The second kappa shape index (κ2) is 8.75. The summed E-state index contributed by atoms with van der Waals surface area (Å²) in [4.78, 5) is 3.74. The van der Waals surface area contributed by atoms with Gasteiger partial charge >= 0.3 is 0 Å². The molecular formula is C11H23N3. The van der Waals surface area contributed by atoms with Crippen molar-refractivity contribution in [2.24, 2.45) is 10.8 Å². The third-order valence-corrected chi connectivity index (χ3v) is 2.22. The summed E-state index contributed by atoms with van der Waals surface area (Å²) in [5, 5.41) is 1.78. The summed E-state index contributed by atoms with van der Waals surface area (Å²) in [5.74, 6) is 5.87. The third kappa shape index (κ3) is 5.75. The first-order chi connectivity index (χ1) is 6.76. The Kier molecular flexibility index (Phi) is 8.24. The third-order valence-electron chi connectivity index (χ3n) is 2.22. The van der Waals surface area contributed by atoms with Crippen LogP contribution in [0.5, 0.6) is 0 Å². The maximum absolute atomic E-state index is 5.87. The van der Waals surface area contributed by atoms with E-state index in [0.29, 0.717) is 0 Å². The molecule has 0 aliphatic carbocycles. The topological polar surface area (TPSA) is 41.6 Å². The monoisotopic (exact) mass is 197 g/mol. The Labute approximate surface area is 87.7 Å². The molecule has 0 rings (SSSR count). The zero-order valence-corrected chi connectivity index (χ0v) is 9.50. The molecule has 0 fully saturated rings. The summed E-state index contributed by atoms with van der Waals surface area (Å²) in [6.45, 7) is 8.62. The van der Waals surface area contributed by atoms with E-state index in [9.17, 15) is 0 Å². The van der Waals surface area contributed by atoms with Crippen molar-refractivity contribution < 1.29 is 0 Å². The molecule has 3 heteroatoms. The predicted molar refractivity (Wildman–Crippen MR) is 63.0 cm³/mol. The van der Waals surface area contributed by atoms with Gasteiger partial charge in [-0.2, -0.15) is 0 Å². The fourth-order valence-electron chi connectivity index (χ4n) is 1.33. The molecule has 0 aliphatic rings. The summed E-state index contributed by atoms with van der Waals surface area (Å²) >= 11 is 0. The van der Waals surface area contributed by atoms with Crippen molar-refractivity contribution in [2.45, 2.75) is 46.0 Å². The SMILES string of the molecule is C=N/C=C(/CC)N(N)CCCCCC. The number of unbranched alkanes of at least 4 members (excludes halogenated alkanes) is 3. The van der Waals surface area contributed by atoms with Crippen molar-refractivity contribution in [3.05, 3.63) is 11.9 Å². The number of allylic oxidation sites excluding steroid dienone is 1. The molecular weight excluding hydrogens is 174 g/mol. The molecule has 0 saturated heterocycles. The normalized spacial score (nSPS) is 11.5. The second-order valence-corrected chi connectivity index (χ2v) is 3.41. The molecule has 0 aromatic carbocycles. The molecule has 0 spiro atoms. The van der Waals surface area contributed by atoms with E-state index in [2.05, 4.69) is 25.6 Å². The van der Waals surface area contributed by atoms with E-state index >= 15 is 0 Å². The molecule has 0 saturated carbocycles. The smallest absolute Gasteiger partial charge is 0.0470 e. The van der Waals surface area contributed by atoms with Crippen LogP contribution in [-0.2, 0) is 0 Å². The summed E-state index contributed by atoms with van der Waals surface area (Å²) in [5.41, 5.74) is 1.05. The number of nitrogens with two attached hydrogens (primary N) is 1. The van der Waals surface area contributed by atoms with Crippen molar-refractivity contribution in [3.63, 3.8) is 0 Å². The summed E-state index contributed by atoms with van der Waals surface area (Å²) < 4.78 is 0. The van der Waals surface area contributed by atoms with Crippen LogP contribution < -0.4 is 5.84 Å². The highest BCUT2D eigenvalue weighted by atomic mass is 15.4. The van der Waals surface area contributed by atoms with Gasteiger partial charge < -0.3 is 5.01 Å². The second-order valence-electron chi connectivity index (χ2n) is 3.41. The highest BCUT2D eigenvalue weighted by Gasteiger charge is 2.01. The lowest BCUT2D eigenvalue weighted by Gasteiger charge is -2.20. The van der Waals surface area contributed by atoms with Crippen LogP contribution in [0.15, 0.2) is 16.9 Å². The van der Waals surface area contributed by atoms with Crippen LogP contribution in [0.3, 0.4) is 0 Å². The average Bonchev–Trinajstić information content (AvgIpc) is 2.20. The van der Waals surface area contributed by atoms with Crippen molar-refractivity contribution in [3.8, 4) is 0 Å². The Balaban J connectivity index is 3.75. The number of hydrogen-bond acceptors (Lipinski definition) is 3. The van der Waals surface area contributed by atoms with E-state index in [0.717, 1.165) is 25.1 Å². The van der Waals surface area contributed by atoms with Gasteiger partial charge in [-0.3, -0.25) is 4.99 Å². The van der Waals surface area contributed by atoms with Gasteiger partial charge in [0.15, 0.2) is 0 Å².